The van der Waals surface area contributed by atoms with Crippen molar-refractivity contribution in [2.75, 3.05) is 19.6 Å². The second-order valence-electron chi connectivity index (χ2n) is 6.64. The fourth-order valence-corrected chi connectivity index (χ4v) is 3.52. The van der Waals surface area contributed by atoms with Crippen molar-refractivity contribution in [1.82, 2.24) is 4.90 Å². The highest BCUT2D eigenvalue weighted by Gasteiger charge is 2.33. The predicted octanol–water partition coefficient (Wildman–Crippen LogP) is 3.55. The lowest BCUT2D eigenvalue weighted by atomic mass is 9.72. The summed E-state index contributed by atoms with van der Waals surface area (Å²) < 4.78 is 0. The monoisotopic (exact) mass is 252 g/mol. The average Bonchev–Trinajstić information content (AvgIpc) is 3.24. The molecule has 0 radical (unpaired) electrons. The molecule has 2 nitrogen and oxygen atoms in total. The van der Waals surface area contributed by atoms with Crippen molar-refractivity contribution in [3.8, 4) is 0 Å². The van der Waals surface area contributed by atoms with Crippen LogP contribution in [0.5, 0.6) is 0 Å². The molecule has 0 spiro atoms. The minimum absolute atomic E-state index is 0.498. The Bertz CT molecular complexity index is 229. The molecule has 2 aliphatic rings. The van der Waals surface area contributed by atoms with Gasteiger partial charge in [-0.15, -0.1) is 0 Å². The Morgan fingerprint density at radius 3 is 2.39 bits per heavy atom. The summed E-state index contributed by atoms with van der Waals surface area (Å²) in [4.78, 5) is 2.76. The Labute approximate surface area is 113 Å². The lowest BCUT2D eigenvalue weighted by Crippen LogP contribution is -2.38. The number of unbranched alkanes of at least 4 members (excludes halogenated alkanes) is 1. The maximum absolute atomic E-state index is 6.10. The molecule has 0 bridgehead atoms. The molecule has 0 aliphatic heterocycles. The molecule has 106 valence electrons. The molecule has 0 saturated heterocycles. The highest BCUT2D eigenvalue weighted by molar-refractivity contribution is 4.89. The predicted molar refractivity (Wildman–Crippen MR) is 78.7 cm³/mol. The summed E-state index contributed by atoms with van der Waals surface area (Å²) in [6, 6.07) is 0.926. The molecule has 0 heterocycles. The van der Waals surface area contributed by atoms with Crippen molar-refractivity contribution in [2.45, 2.75) is 77.2 Å². The third-order valence-corrected chi connectivity index (χ3v) is 5.14. The molecule has 2 aliphatic carbocycles. The molecule has 2 saturated carbocycles. The normalized spacial score (nSPS) is 23.5. The summed E-state index contributed by atoms with van der Waals surface area (Å²) in [6.07, 6.45) is 14.0. The molecule has 2 heteroatoms. The topological polar surface area (TPSA) is 29.3 Å². The highest BCUT2D eigenvalue weighted by atomic mass is 15.2. The number of nitrogens with zero attached hydrogens (tertiary/aromatic N) is 1. The van der Waals surface area contributed by atoms with Gasteiger partial charge in [-0.25, -0.2) is 0 Å². The van der Waals surface area contributed by atoms with Gasteiger partial charge in [-0.2, -0.15) is 0 Å². The van der Waals surface area contributed by atoms with Crippen LogP contribution in [0.3, 0.4) is 0 Å². The van der Waals surface area contributed by atoms with Gasteiger partial charge in [0.2, 0.25) is 0 Å². The van der Waals surface area contributed by atoms with Gasteiger partial charge in [-0.05, 0) is 63.6 Å². The first-order valence-electron chi connectivity index (χ1n) is 8.24. The number of hydrogen-bond donors (Lipinski definition) is 1. The molecule has 0 aromatic heterocycles. The summed E-state index contributed by atoms with van der Waals surface area (Å²) in [7, 11) is 0. The van der Waals surface area contributed by atoms with Crippen molar-refractivity contribution in [3.63, 3.8) is 0 Å². The molecule has 0 aromatic rings. The van der Waals surface area contributed by atoms with E-state index in [-0.39, 0.29) is 0 Å². The maximum atomic E-state index is 6.10. The number of hydrogen-bond acceptors (Lipinski definition) is 2. The van der Waals surface area contributed by atoms with Crippen LogP contribution < -0.4 is 5.73 Å². The van der Waals surface area contributed by atoms with Crippen LogP contribution in [0.15, 0.2) is 0 Å². The molecule has 2 fully saturated rings. The molecule has 18 heavy (non-hydrogen) atoms. The van der Waals surface area contributed by atoms with Gasteiger partial charge in [-0.3, -0.25) is 0 Å². The van der Waals surface area contributed by atoms with Gasteiger partial charge >= 0.3 is 0 Å². The SMILES string of the molecule is CCCCN(CCC1(CN)CCCCC1)C1CC1. The lowest BCUT2D eigenvalue weighted by Gasteiger charge is -2.38. The van der Waals surface area contributed by atoms with E-state index in [9.17, 15) is 0 Å². The van der Waals surface area contributed by atoms with Gasteiger partial charge in [0.15, 0.2) is 0 Å². The van der Waals surface area contributed by atoms with Crippen LogP contribution in [0.1, 0.15) is 71.1 Å². The van der Waals surface area contributed by atoms with Crippen LogP contribution >= 0.6 is 0 Å². The Balaban J connectivity index is 1.79. The summed E-state index contributed by atoms with van der Waals surface area (Å²) in [5.41, 5.74) is 6.60. The number of nitrogens with two attached hydrogens (primary N) is 1. The quantitative estimate of drug-likeness (QED) is 0.716. The fraction of sp³-hybridized carbons (Fsp3) is 1.00. The van der Waals surface area contributed by atoms with Crippen molar-refractivity contribution in [2.24, 2.45) is 11.1 Å². The molecule has 2 rings (SSSR count). The van der Waals surface area contributed by atoms with E-state index in [1.165, 1.54) is 77.3 Å². The van der Waals surface area contributed by atoms with E-state index in [0.29, 0.717) is 5.41 Å². The Morgan fingerprint density at radius 1 is 1.11 bits per heavy atom. The van der Waals surface area contributed by atoms with Crippen LogP contribution in [-0.4, -0.2) is 30.6 Å². The van der Waals surface area contributed by atoms with Crippen LogP contribution in [0.4, 0.5) is 0 Å². The van der Waals surface area contributed by atoms with Crippen LogP contribution in [0.25, 0.3) is 0 Å². The van der Waals surface area contributed by atoms with E-state index < -0.39 is 0 Å². The fourth-order valence-electron chi connectivity index (χ4n) is 3.52. The molecule has 0 unspecified atom stereocenters. The lowest BCUT2D eigenvalue weighted by molar-refractivity contribution is 0.142. The number of rotatable bonds is 8. The van der Waals surface area contributed by atoms with E-state index in [1.807, 2.05) is 0 Å². The zero-order valence-electron chi connectivity index (χ0n) is 12.3. The van der Waals surface area contributed by atoms with E-state index in [2.05, 4.69) is 11.8 Å². The zero-order chi connectivity index (χ0) is 12.8. The summed E-state index contributed by atoms with van der Waals surface area (Å²) in [5, 5.41) is 0. The summed E-state index contributed by atoms with van der Waals surface area (Å²) >= 11 is 0. The van der Waals surface area contributed by atoms with Gasteiger partial charge in [0.1, 0.15) is 0 Å². The molecule has 2 N–H and O–H groups in total. The van der Waals surface area contributed by atoms with Crippen molar-refractivity contribution < 1.29 is 0 Å². The van der Waals surface area contributed by atoms with E-state index >= 15 is 0 Å². The molecule has 0 atom stereocenters. The first-order valence-corrected chi connectivity index (χ1v) is 8.24. The standard InChI is InChI=1S/C16H32N2/c1-2-3-12-18(15-7-8-15)13-11-16(14-17)9-5-4-6-10-16/h15H,2-14,17H2,1H3. The molecular formula is C16H32N2. The van der Waals surface area contributed by atoms with Crippen molar-refractivity contribution >= 4 is 0 Å². The first kappa shape index (κ1) is 14.3. The van der Waals surface area contributed by atoms with E-state index in [0.717, 1.165) is 12.6 Å². The second kappa shape index (κ2) is 6.91. The minimum atomic E-state index is 0.498. The smallest absolute Gasteiger partial charge is 0.00964 e. The highest BCUT2D eigenvalue weighted by Crippen LogP contribution is 2.39. The van der Waals surface area contributed by atoms with Crippen LogP contribution in [-0.2, 0) is 0 Å². The largest absolute Gasteiger partial charge is 0.330 e. The second-order valence-corrected chi connectivity index (χ2v) is 6.64. The van der Waals surface area contributed by atoms with Gasteiger partial charge in [0.05, 0.1) is 0 Å². The third kappa shape index (κ3) is 3.96. The Kier molecular flexibility index (Phi) is 5.50. The maximum Gasteiger partial charge on any atom is 0.00964 e. The van der Waals surface area contributed by atoms with Crippen LogP contribution in [0, 0.1) is 5.41 Å². The van der Waals surface area contributed by atoms with Gasteiger partial charge in [0.25, 0.3) is 0 Å². The van der Waals surface area contributed by atoms with Crippen molar-refractivity contribution in [1.29, 1.82) is 0 Å². The van der Waals surface area contributed by atoms with Crippen molar-refractivity contribution in [3.05, 3.63) is 0 Å². The Morgan fingerprint density at radius 2 is 1.83 bits per heavy atom. The minimum Gasteiger partial charge on any atom is -0.330 e. The van der Waals surface area contributed by atoms with Gasteiger partial charge < -0.3 is 10.6 Å². The first-order chi connectivity index (χ1) is 8.79. The summed E-state index contributed by atoms with van der Waals surface area (Å²) in [5.74, 6) is 0. The van der Waals surface area contributed by atoms with Gasteiger partial charge in [-0.1, -0.05) is 32.6 Å². The molecular weight excluding hydrogens is 220 g/mol. The zero-order valence-corrected chi connectivity index (χ0v) is 12.3. The van der Waals surface area contributed by atoms with E-state index in [4.69, 9.17) is 5.73 Å². The molecule has 0 aromatic carbocycles. The van der Waals surface area contributed by atoms with E-state index in [1.54, 1.807) is 0 Å². The third-order valence-electron chi connectivity index (χ3n) is 5.14. The Hall–Kier alpha value is -0.0800. The average molecular weight is 252 g/mol. The van der Waals surface area contributed by atoms with Gasteiger partial charge in [0, 0.05) is 6.04 Å². The summed E-state index contributed by atoms with van der Waals surface area (Å²) in [6.45, 7) is 5.84. The van der Waals surface area contributed by atoms with Crippen LogP contribution in [0.2, 0.25) is 0 Å². The molecule has 0 amide bonds.